The quantitative estimate of drug-likeness (QED) is 0.541. The molecule has 0 spiro atoms. The van der Waals surface area contributed by atoms with E-state index in [2.05, 4.69) is 22.1 Å². The van der Waals surface area contributed by atoms with Gasteiger partial charge in [-0.15, -0.1) is 0 Å². The summed E-state index contributed by atoms with van der Waals surface area (Å²) in [7, 11) is 1.93. The average molecular weight is 159 g/mol. The molecule has 0 unspecified atom stereocenters. The van der Waals surface area contributed by atoms with Gasteiger partial charge in [-0.2, -0.15) is 0 Å². The number of aromatic nitrogens is 1. The third-order valence-corrected chi connectivity index (χ3v) is 1.61. The molecule has 1 aromatic rings. The van der Waals surface area contributed by atoms with Gasteiger partial charge in [0.1, 0.15) is 0 Å². The van der Waals surface area contributed by atoms with E-state index in [-0.39, 0.29) is 0 Å². The highest BCUT2D eigenvalue weighted by Gasteiger charge is 1.85. The lowest BCUT2D eigenvalue weighted by molar-refractivity contribution is 0.894. The molecule has 0 N–H and O–H groups in total. The van der Waals surface area contributed by atoms with Gasteiger partial charge in [0, 0.05) is 7.05 Å². The molecule has 1 nitrogen and oxygen atoms in total. The Labute approximate surface area is 51.1 Å². The Hall–Kier alpha value is -0.240. The van der Waals surface area contributed by atoms with Crippen LogP contribution in [0.1, 0.15) is 0 Å². The minimum Gasteiger partial charge on any atom is -0.337 e. The van der Waals surface area contributed by atoms with Crippen molar-refractivity contribution in [2.24, 2.45) is 7.05 Å². The predicted octanol–water partition coefficient (Wildman–Crippen LogP) is 1.59. The summed E-state index contributed by atoms with van der Waals surface area (Å²) in [6.07, 6.45) is 2.94. The van der Waals surface area contributed by atoms with Crippen LogP contribution in [0, 0.1) is 6.20 Å². The molecule has 1 aromatic heterocycles. The van der Waals surface area contributed by atoms with Crippen molar-refractivity contribution in [2.75, 3.05) is 0 Å². The maximum atomic E-state index is 3.30. The summed E-state index contributed by atoms with van der Waals surface area (Å²) in [6, 6.07) is 3.81. The van der Waals surface area contributed by atoms with E-state index in [0.717, 1.165) is 4.60 Å². The molecular weight excluding hydrogens is 154 g/mol. The van der Waals surface area contributed by atoms with Crippen LogP contribution in [0.3, 0.4) is 0 Å². The molecule has 0 saturated carbocycles. The average Bonchev–Trinajstić information content (AvgIpc) is 1.91. The topological polar surface area (TPSA) is 4.93 Å². The summed E-state index contributed by atoms with van der Waals surface area (Å²) in [5.74, 6) is 0. The molecule has 0 atom stereocenters. The minimum absolute atomic E-state index is 1.06. The molecule has 0 fully saturated rings. The summed E-state index contributed by atoms with van der Waals surface area (Å²) < 4.78 is 2.94. The maximum absolute atomic E-state index is 3.30. The van der Waals surface area contributed by atoms with Crippen LogP contribution >= 0.6 is 15.9 Å². The molecule has 1 rings (SSSR count). The first kappa shape index (κ1) is 4.91. The number of hydrogen-bond donors (Lipinski definition) is 0. The Balaban J connectivity index is 3.12. The summed E-state index contributed by atoms with van der Waals surface area (Å²) in [5.41, 5.74) is 0. The molecule has 0 amide bonds. The summed E-state index contributed by atoms with van der Waals surface area (Å²) in [4.78, 5) is 0. The fourth-order valence-electron chi connectivity index (χ4n) is 0.391. The summed E-state index contributed by atoms with van der Waals surface area (Å²) in [6.45, 7) is 0. The van der Waals surface area contributed by atoms with E-state index >= 15 is 0 Å². The molecule has 7 heavy (non-hydrogen) atoms. The van der Waals surface area contributed by atoms with E-state index in [1.165, 1.54) is 0 Å². The highest BCUT2D eigenvalue weighted by molar-refractivity contribution is 9.10. The molecular formula is C5H5BrN. The van der Waals surface area contributed by atoms with Gasteiger partial charge in [-0.1, -0.05) is 0 Å². The lowest BCUT2D eigenvalue weighted by atomic mass is 10.7. The van der Waals surface area contributed by atoms with Crippen LogP contribution in [-0.2, 0) is 7.05 Å². The Kier molecular flexibility index (Phi) is 1.19. The second kappa shape index (κ2) is 1.70. The highest BCUT2D eigenvalue weighted by atomic mass is 79.9. The molecule has 0 saturated heterocycles. The van der Waals surface area contributed by atoms with Gasteiger partial charge >= 0.3 is 0 Å². The van der Waals surface area contributed by atoms with Crippen molar-refractivity contribution >= 4 is 15.9 Å². The van der Waals surface area contributed by atoms with E-state index < -0.39 is 0 Å². The lowest BCUT2D eigenvalue weighted by Gasteiger charge is -1.86. The maximum Gasteiger partial charge on any atom is 0.0849 e. The van der Waals surface area contributed by atoms with Crippen molar-refractivity contribution in [2.45, 2.75) is 0 Å². The van der Waals surface area contributed by atoms with Crippen molar-refractivity contribution in [1.29, 1.82) is 0 Å². The first-order valence-corrected chi connectivity index (χ1v) is 2.79. The Morgan fingerprint density at radius 3 is 2.71 bits per heavy atom. The monoisotopic (exact) mass is 158 g/mol. The van der Waals surface area contributed by atoms with Crippen molar-refractivity contribution in [3.05, 3.63) is 22.9 Å². The molecule has 0 aromatic carbocycles. The number of aryl methyl sites for hydroxylation is 1. The number of halogens is 1. The van der Waals surface area contributed by atoms with Crippen molar-refractivity contribution in [3.8, 4) is 0 Å². The van der Waals surface area contributed by atoms with E-state index in [1.807, 2.05) is 23.7 Å². The zero-order chi connectivity index (χ0) is 5.28. The third kappa shape index (κ3) is 0.855. The van der Waals surface area contributed by atoms with Crippen LogP contribution < -0.4 is 0 Å². The molecule has 1 radical (unpaired) electrons. The fraction of sp³-hybridized carbons (Fsp3) is 0.200. The van der Waals surface area contributed by atoms with Crippen LogP contribution in [0.2, 0.25) is 0 Å². The minimum atomic E-state index is 1.06. The van der Waals surface area contributed by atoms with E-state index in [9.17, 15) is 0 Å². The SMILES string of the molecule is Cn1[c]ccc1Br. The molecule has 0 aliphatic carbocycles. The zero-order valence-corrected chi connectivity index (χ0v) is 5.57. The largest absolute Gasteiger partial charge is 0.337 e. The zero-order valence-electron chi connectivity index (χ0n) is 3.98. The van der Waals surface area contributed by atoms with E-state index in [4.69, 9.17) is 0 Å². The Morgan fingerprint density at radius 1 is 1.86 bits per heavy atom. The van der Waals surface area contributed by atoms with Gasteiger partial charge in [-0.3, -0.25) is 0 Å². The van der Waals surface area contributed by atoms with Gasteiger partial charge in [-0.05, 0) is 28.1 Å². The number of nitrogens with zero attached hydrogens (tertiary/aromatic N) is 1. The smallest absolute Gasteiger partial charge is 0.0849 e. The van der Waals surface area contributed by atoms with Gasteiger partial charge in [0.15, 0.2) is 0 Å². The third-order valence-electron chi connectivity index (χ3n) is 0.809. The van der Waals surface area contributed by atoms with Crippen LogP contribution in [0.15, 0.2) is 16.7 Å². The van der Waals surface area contributed by atoms with Crippen molar-refractivity contribution < 1.29 is 0 Å². The molecule has 0 aliphatic heterocycles. The molecule has 0 aliphatic rings. The normalized spacial score (nSPS) is 9.43. The molecule has 0 bridgehead atoms. The van der Waals surface area contributed by atoms with Crippen LogP contribution in [-0.4, -0.2) is 4.57 Å². The van der Waals surface area contributed by atoms with Crippen molar-refractivity contribution in [3.63, 3.8) is 0 Å². The first-order valence-electron chi connectivity index (χ1n) is 1.99. The summed E-state index contributed by atoms with van der Waals surface area (Å²) >= 11 is 3.30. The van der Waals surface area contributed by atoms with Crippen LogP contribution in [0.4, 0.5) is 0 Å². The van der Waals surface area contributed by atoms with Gasteiger partial charge in [0.25, 0.3) is 0 Å². The number of hydrogen-bond acceptors (Lipinski definition) is 0. The second-order valence-corrected chi connectivity index (χ2v) is 2.16. The van der Waals surface area contributed by atoms with Crippen molar-refractivity contribution in [1.82, 2.24) is 4.57 Å². The predicted molar refractivity (Wildman–Crippen MR) is 31.9 cm³/mol. The molecule has 37 valence electrons. The number of rotatable bonds is 0. The first-order chi connectivity index (χ1) is 3.30. The molecule has 1 heterocycles. The standard InChI is InChI=1S/C5H5BrN/c1-7-4-2-3-5(7)6/h2-3H,1H3. The lowest BCUT2D eigenvalue weighted by Crippen LogP contribution is -1.81. The summed E-state index contributed by atoms with van der Waals surface area (Å²) in [5, 5.41) is 0. The Bertz CT molecular complexity index is 140. The fourth-order valence-corrected chi connectivity index (χ4v) is 0.626. The van der Waals surface area contributed by atoms with Crippen LogP contribution in [0.25, 0.3) is 0 Å². The Morgan fingerprint density at radius 2 is 2.57 bits per heavy atom. The van der Waals surface area contributed by atoms with E-state index in [1.54, 1.807) is 0 Å². The van der Waals surface area contributed by atoms with Gasteiger partial charge < -0.3 is 4.57 Å². The highest BCUT2D eigenvalue weighted by Crippen LogP contribution is 2.05. The molecule has 2 heteroatoms. The van der Waals surface area contributed by atoms with Gasteiger partial charge in [0.2, 0.25) is 0 Å². The van der Waals surface area contributed by atoms with Gasteiger partial charge in [0.05, 0.1) is 10.8 Å². The second-order valence-electron chi connectivity index (χ2n) is 1.34. The van der Waals surface area contributed by atoms with Crippen LogP contribution in [0.5, 0.6) is 0 Å². The van der Waals surface area contributed by atoms with Gasteiger partial charge in [-0.25, -0.2) is 0 Å². The van der Waals surface area contributed by atoms with E-state index in [0.29, 0.717) is 0 Å².